The van der Waals surface area contributed by atoms with Gasteiger partial charge in [0.1, 0.15) is 0 Å². The molecule has 0 saturated heterocycles. The van der Waals surface area contributed by atoms with E-state index in [2.05, 4.69) is 95.9 Å². The molecule has 0 atom stereocenters. The van der Waals surface area contributed by atoms with Crippen LogP contribution in [0.1, 0.15) is 10.1 Å². The first-order valence-electron chi connectivity index (χ1n) is 11.9. The van der Waals surface area contributed by atoms with Crippen molar-refractivity contribution in [2.45, 2.75) is 0 Å². The molecule has 37 heavy (non-hydrogen) atoms. The zero-order chi connectivity index (χ0) is 24.8. The Hall–Kier alpha value is -3.90. The molecule has 1 aliphatic rings. The summed E-state index contributed by atoms with van der Waals surface area (Å²) in [5, 5.41) is 14.6. The van der Waals surface area contributed by atoms with E-state index in [1.807, 2.05) is 24.3 Å². The average Bonchev–Trinajstić information content (AvgIpc) is 3.42. The first-order chi connectivity index (χ1) is 18.3. The van der Waals surface area contributed by atoms with E-state index in [0.29, 0.717) is 20.5 Å². The SMILES string of the molecule is N#C/C(=C\c1ccc(N2c3ccccc3[Se]c3ccccc32)[se]1)c1nccc2ccc3ccccc3c12. The number of pyridine rings is 1. The van der Waals surface area contributed by atoms with E-state index < -0.39 is 0 Å². The van der Waals surface area contributed by atoms with Crippen LogP contribution >= 0.6 is 0 Å². The Kier molecular flexibility index (Phi) is 5.55. The van der Waals surface area contributed by atoms with Crippen molar-refractivity contribution < 1.29 is 0 Å². The van der Waals surface area contributed by atoms with Crippen molar-refractivity contribution in [3.05, 3.63) is 119 Å². The number of anilines is 3. The van der Waals surface area contributed by atoms with Gasteiger partial charge in [0.05, 0.1) is 0 Å². The third-order valence-corrected chi connectivity index (χ3v) is 11.1. The molecule has 0 bridgehead atoms. The van der Waals surface area contributed by atoms with Crippen LogP contribution in [0.15, 0.2) is 109 Å². The quantitative estimate of drug-likeness (QED) is 0.143. The van der Waals surface area contributed by atoms with Crippen LogP contribution in [0.3, 0.4) is 0 Å². The molecule has 0 radical (unpaired) electrons. The fraction of sp³-hybridized carbons (Fsp3) is 0. The molecule has 3 heterocycles. The number of aromatic nitrogens is 1. The van der Waals surface area contributed by atoms with Gasteiger partial charge in [-0.25, -0.2) is 0 Å². The number of nitrogens with zero attached hydrogens (tertiary/aromatic N) is 3. The summed E-state index contributed by atoms with van der Waals surface area (Å²) < 4.78 is 5.25. The number of hydrogen-bond acceptors (Lipinski definition) is 3. The molecule has 0 unspecified atom stereocenters. The topological polar surface area (TPSA) is 39.9 Å². The summed E-state index contributed by atoms with van der Waals surface area (Å²) in [5.74, 6) is 0. The third-order valence-electron chi connectivity index (χ3n) is 6.58. The van der Waals surface area contributed by atoms with E-state index in [1.165, 1.54) is 29.3 Å². The number of allylic oxidation sites excluding steroid dienone is 1. The zero-order valence-electron chi connectivity index (χ0n) is 19.6. The van der Waals surface area contributed by atoms with Gasteiger partial charge in [0.2, 0.25) is 0 Å². The molecule has 0 aliphatic carbocycles. The molecule has 0 saturated carbocycles. The van der Waals surface area contributed by atoms with Crippen molar-refractivity contribution in [2.75, 3.05) is 4.90 Å². The van der Waals surface area contributed by atoms with Gasteiger partial charge >= 0.3 is 228 Å². The van der Waals surface area contributed by atoms with Crippen molar-refractivity contribution in [3.63, 3.8) is 0 Å². The minimum absolute atomic E-state index is 0.0549. The standard InChI is InChI=1S/C32H19N3Se2/c33-20-23(32-31-22(17-18-34-32)14-13-21-7-1-2-8-25(21)31)19-24-15-16-30(36-24)35-26-9-3-5-11-28(26)37-29-12-6-4-10-27(29)35/h1-19H/b23-19+. The summed E-state index contributed by atoms with van der Waals surface area (Å²) in [6.45, 7) is 0. The Morgan fingerprint density at radius 2 is 1.46 bits per heavy atom. The Morgan fingerprint density at radius 3 is 2.24 bits per heavy atom. The van der Waals surface area contributed by atoms with E-state index in [1.54, 1.807) is 6.20 Å². The van der Waals surface area contributed by atoms with E-state index in [-0.39, 0.29) is 14.5 Å². The summed E-state index contributed by atoms with van der Waals surface area (Å²) in [6, 6.07) is 38.9. The van der Waals surface area contributed by atoms with Gasteiger partial charge in [0.15, 0.2) is 0 Å². The van der Waals surface area contributed by atoms with Gasteiger partial charge in [0, 0.05) is 0 Å². The van der Waals surface area contributed by atoms with E-state index in [4.69, 9.17) is 4.98 Å². The molecule has 1 aliphatic heterocycles. The second-order valence-corrected chi connectivity index (χ2v) is 13.3. The fourth-order valence-corrected chi connectivity index (χ4v) is 9.20. The Balaban J connectivity index is 1.35. The number of para-hydroxylation sites is 2. The minimum atomic E-state index is 0.0549. The number of fused-ring (bicyclic) bond motifs is 5. The zero-order valence-corrected chi connectivity index (χ0v) is 23.1. The van der Waals surface area contributed by atoms with Crippen LogP contribution in [0, 0.1) is 11.3 Å². The normalized spacial score (nSPS) is 12.8. The van der Waals surface area contributed by atoms with Crippen molar-refractivity contribution in [2.24, 2.45) is 0 Å². The van der Waals surface area contributed by atoms with Gasteiger partial charge in [-0.2, -0.15) is 0 Å². The number of benzene rings is 4. The summed E-state index contributed by atoms with van der Waals surface area (Å²) in [4.78, 5) is 7.12. The number of rotatable bonds is 3. The first-order valence-corrected chi connectivity index (χ1v) is 15.4. The second-order valence-electron chi connectivity index (χ2n) is 8.76. The molecule has 2 aromatic heterocycles. The van der Waals surface area contributed by atoms with Gasteiger partial charge in [-0.05, 0) is 0 Å². The van der Waals surface area contributed by atoms with Gasteiger partial charge in [-0.3, -0.25) is 0 Å². The molecular formula is C32H19N3Se2. The first kappa shape index (κ1) is 22.3. The molecular weight excluding hydrogens is 584 g/mol. The van der Waals surface area contributed by atoms with Crippen LogP contribution in [-0.2, 0) is 0 Å². The maximum atomic E-state index is 10.2. The summed E-state index contributed by atoms with van der Waals surface area (Å²) in [6.07, 6.45) is 3.84. The monoisotopic (exact) mass is 605 g/mol. The van der Waals surface area contributed by atoms with Crippen LogP contribution < -0.4 is 13.8 Å². The molecule has 0 N–H and O–H groups in total. The van der Waals surface area contributed by atoms with Gasteiger partial charge in [-0.15, -0.1) is 0 Å². The van der Waals surface area contributed by atoms with Crippen LogP contribution in [-0.4, -0.2) is 34.4 Å². The second kappa shape index (κ2) is 9.20. The van der Waals surface area contributed by atoms with Crippen molar-refractivity contribution >= 4 is 87.5 Å². The van der Waals surface area contributed by atoms with Crippen LogP contribution in [0.2, 0.25) is 0 Å². The summed E-state index contributed by atoms with van der Waals surface area (Å²) >= 11 is 0.349. The average molecular weight is 603 g/mol. The molecule has 5 heteroatoms. The number of nitriles is 1. The van der Waals surface area contributed by atoms with Crippen molar-refractivity contribution in [1.29, 1.82) is 5.26 Å². The molecule has 4 aromatic carbocycles. The third kappa shape index (κ3) is 3.83. The maximum absolute atomic E-state index is 10.2. The Bertz CT molecular complexity index is 1850. The molecule has 3 nitrogen and oxygen atoms in total. The van der Waals surface area contributed by atoms with Crippen molar-refractivity contribution in [1.82, 2.24) is 4.98 Å². The van der Waals surface area contributed by atoms with Gasteiger partial charge in [-0.1, -0.05) is 0 Å². The Labute approximate surface area is 227 Å². The van der Waals surface area contributed by atoms with Crippen LogP contribution in [0.25, 0.3) is 33.2 Å². The fourth-order valence-electron chi connectivity index (χ4n) is 4.93. The van der Waals surface area contributed by atoms with Gasteiger partial charge < -0.3 is 0 Å². The molecule has 0 amide bonds. The predicted octanol–water partition coefficient (Wildman–Crippen LogP) is 5.95. The molecule has 6 aromatic rings. The van der Waals surface area contributed by atoms with E-state index in [9.17, 15) is 5.26 Å². The molecule has 0 spiro atoms. The van der Waals surface area contributed by atoms with E-state index in [0.717, 1.165) is 27.2 Å². The van der Waals surface area contributed by atoms with Crippen molar-refractivity contribution in [3.8, 4) is 6.07 Å². The van der Waals surface area contributed by atoms with Crippen LogP contribution in [0.5, 0.6) is 0 Å². The molecule has 0 fully saturated rings. The Morgan fingerprint density at radius 1 is 0.757 bits per heavy atom. The van der Waals surface area contributed by atoms with Gasteiger partial charge in [0.25, 0.3) is 0 Å². The summed E-state index contributed by atoms with van der Waals surface area (Å²) in [5.41, 5.74) is 3.90. The predicted molar refractivity (Wildman–Crippen MR) is 156 cm³/mol. The summed E-state index contributed by atoms with van der Waals surface area (Å²) in [7, 11) is 0. The van der Waals surface area contributed by atoms with Crippen LogP contribution in [0.4, 0.5) is 15.9 Å². The molecule has 7 rings (SSSR count). The van der Waals surface area contributed by atoms with E-state index >= 15 is 0 Å². The molecule has 174 valence electrons. The number of hydrogen-bond donors (Lipinski definition) is 0.